The van der Waals surface area contributed by atoms with Crippen LogP contribution in [0.2, 0.25) is 0 Å². The summed E-state index contributed by atoms with van der Waals surface area (Å²) in [5, 5.41) is 1.65. The third-order valence-electron chi connectivity index (χ3n) is 4.60. The molecule has 3 N–H and O–H groups in total. The molecule has 0 spiro atoms. The fourth-order valence-electron chi connectivity index (χ4n) is 3.22. The molecular formula is C18H15N5O. The lowest BCUT2D eigenvalue weighted by Gasteiger charge is -2.12. The van der Waals surface area contributed by atoms with Crippen LogP contribution in [-0.2, 0) is 0 Å². The minimum Gasteiger partial charge on any atom is -0.383 e. The predicted molar refractivity (Wildman–Crippen MR) is 93.4 cm³/mol. The normalized spacial score (nSPS) is 14.5. The second kappa shape index (κ2) is 4.67. The van der Waals surface area contributed by atoms with Crippen LogP contribution in [0.3, 0.4) is 0 Å². The van der Waals surface area contributed by atoms with Crippen molar-refractivity contribution in [3.63, 3.8) is 0 Å². The molecular weight excluding hydrogens is 302 g/mol. The number of nitrogens with zero attached hydrogens (tertiary/aromatic N) is 3. The van der Waals surface area contributed by atoms with Crippen LogP contribution in [0, 0.1) is 0 Å². The van der Waals surface area contributed by atoms with Crippen LogP contribution in [0.5, 0.6) is 0 Å². The van der Waals surface area contributed by atoms with Gasteiger partial charge < -0.3 is 10.7 Å². The SMILES string of the molecule is Nc1nc(=O)n(-c2cccc3[nH]ccc23)c2nc(C3CC3)ccc12. The van der Waals surface area contributed by atoms with Crippen LogP contribution in [0.25, 0.3) is 27.6 Å². The highest BCUT2D eigenvalue weighted by Gasteiger charge is 2.26. The summed E-state index contributed by atoms with van der Waals surface area (Å²) < 4.78 is 1.56. The van der Waals surface area contributed by atoms with Crippen LogP contribution in [-0.4, -0.2) is 19.5 Å². The fraction of sp³-hybridized carbons (Fsp3) is 0.167. The van der Waals surface area contributed by atoms with Gasteiger partial charge in [0.25, 0.3) is 0 Å². The molecule has 118 valence electrons. The van der Waals surface area contributed by atoms with Crippen LogP contribution < -0.4 is 11.4 Å². The molecule has 6 heteroatoms. The number of hydrogen-bond donors (Lipinski definition) is 2. The summed E-state index contributed by atoms with van der Waals surface area (Å²) >= 11 is 0. The van der Waals surface area contributed by atoms with Crippen LogP contribution in [0.4, 0.5) is 5.82 Å². The number of pyridine rings is 1. The molecule has 0 unspecified atom stereocenters. The largest absolute Gasteiger partial charge is 0.383 e. The number of nitrogens with one attached hydrogen (secondary N) is 1. The maximum absolute atomic E-state index is 12.6. The second-order valence-electron chi connectivity index (χ2n) is 6.21. The van der Waals surface area contributed by atoms with Crippen molar-refractivity contribution in [2.45, 2.75) is 18.8 Å². The van der Waals surface area contributed by atoms with Crippen molar-refractivity contribution in [1.29, 1.82) is 0 Å². The Kier molecular flexibility index (Phi) is 2.59. The summed E-state index contributed by atoms with van der Waals surface area (Å²) in [6, 6.07) is 11.6. The van der Waals surface area contributed by atoms with Crippen molar-refractivity contribution in [3.05, 3.63) is 58.8 Å². The summed E-state index contributed by atoms with van der Waals surface area (Å²) in [5.74, 6) is 0.720. The lowest BCUT2D eigenvalue weighted by molar-refractivity contribution is 0.932. The number of benzene rings is 1. The van der Waals surface area contributed by atoms with Gasteiger partial charge in [0.15, 0.2) is 5.65 Å². The number of anilines is 1. The fourth-order valence-corrected chi connectivity index (χ4v) is 3.22. The zero-order chi connectivity index (χ0) is 16.3. The standard InChI is InChI=1S/C18H15N5O/c19-16-12-6-7-13(10-4-5-10)21-17(12)23(18(24)22-16)15-3-1-2-14-11(15)8-9-20-14/h1-3,6-10,20H,4-5H2,(H2,19,22,24). The number of nitrogens with two attached hydrogens (primary N) is 1. The van der Waals surface area contributed by atoms with E-state index in [2.05, 4.69) is 9.97 Å². The van der Waals surface area contributed by atoms with Gasteiger partial charge in [-0.05, 0) is 43.2 Å². The molecule has 24 heavy (non-hydrogen) atoms. The number of rotatable bonds is 2. The number of fused-ring (bicyclic) bond motifs is 2. The zero-order valence-corrected chi connectivity index (χ0v) is 12.9. The lowest BCUT2D eigenvalue weighted by atomic mass is 10.2. The average Bonchev–Trinajstić information content (AvgIpc) is 3.32. The van der Waals surface area contributed by atoms with E-state index in [4.69, 9.17) is 10.7 Å². The van der Waals surface area contributed by atoms with E-state index in [1.807, 2.05) is 42.6 Å². The molecule has 1 aromatic carbocycles. The van der Waals surface area contributed by atoms with E-state index in [1.54, 1.807) is 4.57 Å². The van der Waals surface area contributed by atoms with E-state index in [1.165, 1.54) is 0 Å². The van der Waals surface area contributed by atoms with Crippen LogP contribution >= 0.6 is 0 Å². The molecule has 0 saturated heterocycles. The molecule has 0 atom stereocenters. The van der Waals surface area contributed by atoms with Crippen molar-refractivity contribution in [3.8, 4) is 5.69 Å². The molecule has 0 bridgehead atoms. The molecule has 1 aliphatic rings. The molecule has 1 aliphatic carbocycles. The minimum absolute atomic E-state index is 0.224. The summed E-state index contributed by atoms with van der Waals surface area (Å²) in [6.07, 6.45) is 4.16. The van der Waals surface area contributed by atoms with E-state index in [-0.39, 0.29) is 5.82 Å². The van der Waals surface area contributed by atoms with Crippen LogP contribution in [0.1, 0.15) is 24.5 Å². The Hall–Kier alpha value is -3.15. The monoisotopic (exact) mass is 317 g/mol. The van der Waals surface area contributed by atoms with Crippen LogP contribution in [0.15, 0.2) is 47.4 Å². The average molecular weight is 317 g/mol. The van der Waals surface area contributed by atoms with Crippen molar-refractivity contribution in [2.24, 2.45) is 0 Å². The Labute approximate surface area is 137 Å². The number of aromatic nitrogens is 4. The second-order valence-corrected chi connectivity index (χ2v) is 6.21. The van der Waals surface area contributed by atoms with Gasteiger partial charge in [0.1, 0.15) is 5.82 Å². The Balaban J connectivity index is 1.91. The van der Waals surface area contributed by atoms with Gasteiger partial charge in [-0.1, -0.05) is 6.07 Å². The smallest absolute Gasteiger partial charge is 0.355 e. The first kappa shape index (κ1) is 13.3. The van der Waals surface area contributed by atoms with Crippen molar-refractivity contribution in [1.82, 2.24) is 19.5 Å². The maximum Gasteiger partial charge on any atom is 0.355 e. The molecule has 1 saturated carbocycles. The van der Waals surface area contributed by atoms with E-state index < -0.39 is 5.69 Å². The Morgan fingerprint density at radius 1 is 1.08 bits per heavy atom. The Morgan fingerprint density at radius 2 is 1.96 bits per heavy atom. The summed E-state index contributed by atoms with van der Waals surface area (Å²) in [6.45, 7) is 0. The maximum atomic E-state index is 12.6. The lowest BCUT2D eigenvalue weighted by Crippen LogP contribution is -2.24. The molecule has 0 aliphatic heterocycles. The minimum atomic E-state index is -0.408. The van der Waals surface area contributed by atoms with Crippen molar-refractivity contribution >= 4 is 27.8 Å². The first-order chi connectivity index (χ1) is 11.7. The van der Waals surface area contributed by atoms with Gasteiger partial charge in [0.05, 0.1) is 11.1 Å². The van der Waals surface area contributed by atoms with Gasteiger partial charge >= 0.3 is 5.69 Å². The highest BCUT2D eigenvalue weighted by Crippen LogP contribution is 2.39. The summed E-state index contributed by atoms with van der Waals surface area (Å²) in [7, 11) is 0. The molecule has 6 nitrogen and oxygen atoms in total. The summed E-state index contributed by atoms with van der Waals surface area (Å²) in [5.41, 5.74) is 8.87. The van der Waals surface area contributed by atoms with Gasteiger partial charge in [-0.25, -0.2) is 14.3 Å². The molecule has 3 aromatic heterocycles. The molecule has 1 fully saturated rings. The number of nitrogen functional groups attached to an aromatic ring is 1. The van der Waals surface area contributed by atoms with Gasteiger partial charge in [0, 0.05) is 28.7 Å². The Morgan fingerprint density at radius 3 is 2.79 bits per heavy atom. The summed E-state index contributed by atoms with van der Waals surface area (Å²) in [4.78, 5) is 24.6. The quantitative estimate of drug-likeness (QED) is 0.595. The molecule has 3 heterocycles. The van der Waals surface area contributed by atoms with Gasteiger partial charge in [-0.2, -0.15) is 4.98 Å². The third-order valence-corrected chi connectivity index (χ3v) is 4.60. The van der Waals surface area contributed by atoms with Gasteiger partial charge in [-0.3, -0.25) is 0 Å². The highest BCUT2D eigenvalue weighted by molar-refractivity contribution is 5.92. The van der Waals surface area contributed by atoms with Gasteiger partial charge in [-0.15, -0.1) is 0 Å². The highest BCUT2D eigenvalue weighted by atomic mass is 16.1. The Bertz CT molecular complexity index is 1150. The number of aromatic amines is 1. The number of hydrogen-bond acceptors (Lipinski definition) is 4. The predicted octanol–water partition coefficient (Wildman–Crippen LogP) is 2.72. The zero-order valence-electron chi connectivity index (χ0n) is 12.9. The molecule has 0 radical (unpaired) electrons. The van der Waals surface area contributed by atoms with Crippen molar-refractivity contribution < 1.29 is 0 Å². The van der Waals surface area contributed by atoms with Crippen molar-refractivity contribution in [2.75, 3.05) is 5.73 Å². The molecule has 5 rings (SSSR count). The first-order valence-electron chi connectivity index (χ1n) is 7.98. The number of H-pyrrole nitrogens is 1. The van der Waals surface area contributed by atoms with E-state index in [0.717, 1.165) is 35.1 Å². The van der Waals surface area contributed by atoms with E-state index in [0.29, 0.717) is 17.0 Å². The topological polar surface area (TPSA) is 89.6 Å². The molecule has 0 amide bonds. The van der Waals surface area contributed by atoms with E-state index >= 15 is 0 Å². The molecule has 4 aromatic rings. The third kappa shape index (κ3) is 1.86. The van der Waals surface area contributed by atoms with Gasteiger partial charge in [0.2, 0.25) is 0 Å². The van der Waals surface area contributed by atoms with E-state index in [9.17, 15) is 4.79 Å². The first-order valence-corrected chi connectivity index (χ1v) is 7.98.